The lowest BCUT2D eigenvalue weighted by atomic mass is 10.1. The minimum Gasteiger partial charge on any atom is -0.423 e. The van der Waals surface area contributed by atoms with Gasteiger partial charge in [-0.05, 0) is 31.5 Å². The number of halogens is 1. The van der Waals surface area contributed by atoms with Crippen molar-refractivity contribution < 1.29 is 4.42 Å². The van der Waals surface area contributed by atoms with Crippen LogP contribution in [0.2, 0.25) is 0 Å². The van der Waals surface area contributed by atoms with Crippen LogP contribution >= 0.6 is 12.4 Å². The molecule has 0 radical (unpaired) electrons. The number of piperidine rings is 1. The third-order valence-electron chi connectivity index (χ3n) is 3.52. The summed E-state index contributed by atoms with van der Waals surface area (Å²) < 4.78 is 5.76. The fourth-order valence-corrected chi connectivity index (χ4v) is 2.51. The molecular formula is C14H20ClN3O. The zero-order chi connectivity index (χ0) is 12.4. The van der Waals surface area contributed by atoms with Gasteiger partial charge in [0, 0.05) is 19.6 Å². The highest BCUT2D eigenvalue weighted by molar-refractivity contribution is 5.85. The van der Waals surface area contributed by atoms with Gasteiger partial charge in [-0.2, -0.15) is 4.98 Å². The highest BCUT2D eigenvalue weighted by Crippen LogP contribution is 2.21. The van der Waals surface area contributed by atoms with Gasteiger partial charge in [-0.15, -0.1) is 12.4 Å². The van der Waals surface area contributed by atoms with Gasteiger partial charge in [0.2, 0.25) is 0 Å². The first-order chi connectivity index (χ1) is 8.83. The van der Waals surface area contributed by atoms with Crippen LogP contribution in [0.15, 0.2) is 28.7 Å². The number of rotatable bonds is 3. The Balaban J connectivity index is 0.00000133. The Morgan fingerprint density at radius 1 is 1.37 bits per heavy atom. The Bertz CT molecular complexity index is 489. The van der Waals surface area contributed by atoms with Crippen molar-refractivity contribution in [3.05, 3.63) is 24.3 Å². The van der Waals surface area contributed by atoms with Crippen LogP contribution in [0.25, 0.3) is 11.1 Å². The quantitative estimate of drug-likeness (QED) is 0.939. The number of aromatic nitrogens is 1. The molecule has 2 aromatic rings. The maximum Gasteiger partial charge on any atom is 0.298 e. The lowest BCUT2D eigenvalue weighted by molar-refractivity contribution is 0.397. The first-order valence-electron chi connectivity index (χ1n) is 6.63. The van der Waals surface area contributed by atoms with Crippen molar-refractivity contribution in [2.75, 3.05) is 25.0 Å². The Hall–Kier alpha value is -1.26. The molecule has 104 valence electrons. The maximum absolute atomic E-state index is 5.76. The second-order valence-corrected chi connectivity index (χ2v) is 4.99. The molecule has 0 aliphatic carbocycles. The smallest absolute Gasteiger partial charge is 0.298 e. The molecule has 1 aromatic carbocycles. The van der Waals surface area contributed by atoms with Gasteiger partial charge in [-0.1, -0.05) is 18.6 Å². The lowest BCUT2D eigenvalue weighted by Gasteiger charge is -2.27. The van der Waals surface area contributed by atoms with Crippen LogP contribution in [0.3, 0.4) is 0 Å². The Morgan fingerprint density at radius 3 is 2.95 bits per heavy atom. The topological polar surface area (TPSA) is 41.3 Å². The summed E-state index contributed by atoms with van der Waals surface area (Å²) in [5.74, 6) is 0. The average Bonchev–Trinajstić information content (AvgIpc) is 2.84. The minimum atomic E-state index is 0. The number of oxazole rings is 1. The van der Waals surface area contributed by atoms with Gasteiger partial charge in [0.25, 0.3) is 6.01 Å². The van der Waals surface area contributed by atoms with E-state index in [1.807, 2.05) is 31.3 Å². The van der Waals surface area contributed by atoms with E-state index in [2.05, 4.69) is 15.2 Å². The van der Waals surface area contributed by atoms with E-state index in [0.717, 1.165) is 24.2 Å². The van der Waals surface area contributed by atoms with Crippen LogP contribution in [0, 0.1) is 0 Å². The van der Waals surface area contributed by atoms with E-state index in [1.54, 1.807) is 0 Å². The molecule has 1 unspecified atom stereocenters. The fraction of sp³-hybridized carbons (Fsp3) is 0.500. The van der Waals surface area contributed by atoms with Crippen molar-refractivity contribution in [2.24, 2.45) is 0 Å². The van der Waals surface area contributed by atoms with Crippen molar-refractivity contribution >= 4 is 29.5 Å². The van der Waals surface area contributed by atoms with E-state index in [9.17, 15) is 0 Å². The SMILES string of the molecule is CN(CC1CCCCN1)c1nc2ccccc2o1.Cl. The molecule has 3 rings (SSSR count). The first kappa shape index (κ1) is 14.2. The normalized spacial score (nSPS) is 19.1. The van der Waals surface area contributed by atoms with Gasteiger partial charge in [0.15, 0.2) is 5.58 Å². The minimum absolute atomic E-state index is 0. The largest absolute Gasteiger partial charge is 0.423 e. The highest BCUT2D eigenvalue weighted by atomic mass is 35.5. The second kappa shape index (κ2) is 6.26. The van der Waals surface area contributed by atoms with Crippen LogP contribution in [-0.4, -0.2) is 31.2 Å². The number of hydrogen-bond acceptors (Lipinski definition) is 4. The third kappa shape index (κ3) is 3.19. The Morgan fingerprint density at radius 2 is 2.21 bits per heavy atom. The van der Waals surface area contributed by atoms with Gasteiger partial charge in [0.05, 0.1) is 0 Å². The maximum atomic E-state index is 5.76. The number of nitrogens with zero attached hydrogens (tertiary/aromatic N) is 2. The van der Waals surface area contributed by atoms with E-state index in [-0.39, 0.29) is 12.4 Å². The fourth-order valence-electron chi connectivity index (χ4n) is 2.51. The molecule has 1 fully saturated rings. The first-order valence-corrected chi connectivity index (χ1v) is 6.63. The van der Waals surface area contributed by atoms with Gasteiger partial charge < -0.3 is 14.6 Å². The molecule has 1 aromatic heterocycles. The number of para-hydroxylation sites is 2. The van der Waals surface area contributed by atoms with Crippen molar-refractivity contribution in [3.63, 3.8) is 0 Å². The number of fused-ring (bicyclic) bond motifs is 1. The predicted octanol–water partition coefficient (Wildman–Crippen LogP) is 2.83. The standard InChI is InChI=1S/C14H19N3O.ClH/c1-17(10-11-6-4-5-9-15-11)14-16-12-7-2-3-8-13(12)18-14;/h2-3,7-8,11,15H,4-6,9-10H2,1H3;1H. The van der Waals surface area contributed by atoms with E-state index in [4.69, 9.17) is 4.42 Å². The number of likely N-dealkylation sites (N-methyl/N-ethyl adjacent to an activating group) is 1. The molecule has 1 saturated heterocycles. The Labute approximate surface area is 119 Å². The second-order valence-electron chi connectivity index (χ2n) is 4.99. The number of benzene rings is 1. The summed E-state index contributed by atoms with van der Waals surface area (Å²) in [4.78, 5) is 6.61. The summed E-state index contributed by atoms with van der Waals surface area (Å²) >= 11 is 0. The molecule has 0 saturated carbocycles. The molecule has 4 nitrogen and oxygen atoms in total. The zero-order valence-corrected chi connectivity index (χ0v) is 11.9. The highest BCUT2D eigenvalue weighted by Gasteiger charge is 2.17. The monoisotopic (exact) mass is 281 g/mol. The summed E-state index contributed by atoms with van der Waals surface area (Å²) in [6.45, 7) is 2.08. The van der Waals surface area contributed by atoms with Gasteiger partial charge in [-0.3, -0.25) is 0 Å². The van der Waals surface area contributed by atoms with Crippen molar-refractivity contribution in [2.45, 2.75) is 25.3 Å². The molecule has 2 heterocycles. The van der Waals surface area contributed by atoms with E-state index in [0.29, 0.717) is 12.1 Å². The average molecular weight is 282 g/mol. The van der Waals surface area contributed by atoms with Crippen molar-refractivity contribution in [1.29, 1.82) is 0 Å². The van der Waals surface area contributed by atoms with Gasteiger partial charge in [0.1, 0.15) is 5.52 Å². The van der Waals surface area contributed by atoms with Gasteiger partial charge >= 0.3 is 0 Å². The van der Waals surface area contributed by atoms with Crippen LogP contribution in [0.5, 0.6) is 0 Å². The van der Waals surface area contributed by atoms with Crippen LogP contribution < -0.4 is 10.2 Å². The van der Waals surface area contributed by atoms with E-state index < -0.39 is 0 Å². The third-order valence-corrected chi connectivity index (χ3v) is 3.52. The summed E-state index contributed by atoms with van der Waals surface area (Å²) in [7, 11) is 2.04. The van der Waals surface area contributed by atoms with Crippen molar-refractivity contribution in [1.82, 2.24) is 10.3 Å². The van der Waals surface area contributed by atoms with Crippen LogP contribution in [0.1, 0.15) is 19.3 Å². The molecule has 1 aliphatic rings. The number of hydrogen-bond donors (Lipinski definition) is 1. The van der Waals surface area contributed by atoms with Gasteiger partial charge in [-0.25, -0.2) is 0 Å². The summed E-state index contributed by atoms with van der Waals surface area (Å²) in [6, 6.07) is 9.16. The van der Waals surface area contributed by atoms with Crippen LogP contribution in [-0.2, 0) is 0 Å². The van der Waals surface area contributed by atoms with E-state index in [1.165, 1.54) is 19.3 Å². The molecule has 0 spiro atoms. The molecular weight excluding hydrogens is 262 g/mol. The Kier molecular flexibility index (Phi) is 4.66. The molecule has 5 heteroatoms. The molecule has 1 aliphatic heterocycles. The lowest BCUT2D eigenvalue weighted by Crippen LogP contribution is -2.42. The molecule has 1 N–H and O–H groups in total. The summed E-state index contributed by atoms with van der Waals surface area (Å²) in [5.41, 5.74) is 1.78. The predicted molar refractivity (Wildman–Crippen MR) is 80.2 cm³/mol. The summed E-state index contributed by atoms with van der Waals surface area (Å²) in [6.07, 6.45) is 3.85. The number of nitrogens with one attached hydrogen (secondary N) is 1. The van der Waals surface area contributed by atoms with Crippen LogP contribution in [0.4, 0.5) is 6.01 Å². The number of anilines is 1. The van der Waals surface area contributed by atoms with E-state index >= 15 is 0 Å². The van der Waals surface area contributed by atoms with Crippen molar-refractivity contribution in [3.8, 4) is 0 Å². The molecule has 1 atom stereocenters. The zero-order valence-electron chi connectivity index (χ0n) is 11.1. The summed E-state index contributed by atoms with van der Waals surface area (Å²) in [5, 5.41) is 3.54. The molecule has 0 amide bonds. The molecule has 0 bridgehead atoms. The molecule has 19 heavy (non-hydrogen) atoms.